The summed E-state index contributed by atoms with van der Waals surface area (Å²) in [6.45, 7) is 2.71. The third-order valence-corrected chi connectivity index (χ3v) is 6.34. The molecule has 0 aliphatic rings. The van der Waals surface area contributed by atoms with E-state index in [0.29, 0.717) is 5.75 Å². The third-order valence-electron chi connectivity index (χ3n) is 6.34. The van der Waals surface area contributed by atoms with Crippen molar-refractivity contribution in [3.63, 3.8) is 0 Å². The van der Waals surface area contributed by atoms with Crippen molar-refractivity contribution >= 4 is 5.82 Å². The van der Waals surface area contributed by atoms with Crippen LogP contribution in [0.1, 0.15) is 44.6 Å². The molecule has 200 valence electrons. The zero-order chi connectivity index (χ0) is 26.8. The molecule has 0 radical (unpaired) electrons. The van der Waals surface area contributed by atoms with Crippen LogP contribution < -0.4 is 10.1 Å². The quantitative estimate of drug-likeness (QED) is 0.199. The van der Waals surface area contributed by atoms with E-state index < -0.39 is 17.2 Å². The molecule has 7 nitrogen and oxygen atoms in total. The first kappa shape index (κ1) is 27.2. The molecule has 4 rings (SSSR count). The van der Waals surface area contributed by atoms with E-state index in [4.69, 9.17) is 4.74 Å². The van der Waals surface area contributed by atoms with Crippen molar-refractivity contribution in [2.45, 2.75) is 51.2 Å². The maximum Gasteiger partial charge on any atom is 0.146 e. The monoisotopic (exact) mass is 521 g/mol. The minimum absolute atomic E-state index is 0.0910. The molecule has 0 saturated heterocycles. The summed E-state index contributed by atoms with van der Waals surface area (Å²) >= 11 is 0. The predicted octanol–water partition coefficient (Wildman–Crippen LogP) is 5.97. The topological polar surface area (TPSA) is 85.1 Å². The zero-order valence-electron chi connectivity index (χ0n) is 21.5. The molecular formula is C29H33F2N5O2. The van der Waals surface area contributed by atoms with Gasteiger partial charge in [0.05, 0.1) is 6.54 Å². The lowest BCUT2D eigenvalue weighted by Gasteiger charge is -2.29. The van der Waals surface area contributed by atoms with Gasteiger partial charge in [0, 0.05) is 29.9 Å². The van der Waals surface area contributed by atoms with Gasteiger partial charge in [0.25, 0.3) is 0 Å². The van der Waals surface area contributed by atoms with Crippen LogP contribution in [0.15, 0.2) is 73.4 Å². The molecule has 1 unspecified atom stereocenters. The van der Waals surface area contributed by atoms with Crippen LogP contribution in [-0.2, 0) is 12.1 Å². The van der Waals surface area contributed by atoms with E-state index in [-0.39, 0.29) is 18.7 Å². The molecule has 0 fully saturated rings. The van der Waals surface area contributed by atoms with Gasteiger partial charge in [-0.25, -0.2) is 23.4 Å². The smallest absolute Gasteiger partial charge is 0.146 e. The van der Waals surface area contributed by atoms with Gasteiger partial charge in [0.2, 0.25) is 0 Å². The van der Waals surface area contributed by atoms with Crippen molar-refractivity contribution in [3.05, 3.63) is 90.6 Å². The minimum atomic E-state index is -1.81. The Morgan fingerprint density at radius 1 is 0.974 bits per heavy atom. The Bertz CT molecular complexity index is 1270. The fourth-order valence-electron chi connectivity index (χ4n) is 4.22. The fraction of sp³-hybridized carbons (Fsp3) is 0.345. The number of anilines is 1. The first-order valence-electron chi connectivity index (χ1n) is 12.9. The van der Waals surface area contributed by atoms with Gasteiger partial charge < -0.3 is 15.2 Å². The number of halogens is 2. The second-order valence-corrected chi connectivity index (χ2v) is 9.33. The van der Waals surface area contributed by atoms with Gasteiger partial charge >= 0.3 is 0 Å². The summed E-state index contributed by atoms with van der Waals surface area (Å²) in [5, 5.41) is 18.7. The van der Waals surface area contributed by atoms with Crippen LogP contribution in [0.5, 0.6) is 5.75 Å². The van der Waals surface area contributed by atoms with Crippen LogP contribution in [0.2, 0.25) is 0 Å². The summed E-state index contributed by atoms with van der Waals surface area (Å²) in [6.07, 6.45) is 10.7. The Hall–Kier alpha value is -3.85. The van der Waals surface area contributed by atoms with Crippen LogP contribution in [0.3, 0.4) is 0 Å². The maximum atomic E-state index is 14.6. The van der Waals surface area contributed by atoms with Crippen molar-refractivity contribution in [1.82, 2.24) is 19.7 Å². The molecule has 2 N–H and O–H groups in total. The third kappa shape index (κ3) is 7.35. The number of pyridine rings is 1. The van der Waals surface area contributed by atoms with Crippen molar-refractivity contribution in [2.75, 3.05) is 18.5 Å². The number of unbranched alkanes of at least 4 members (excludes halogenated alkanes) is 4. The van der Waals surface area contributed by atoms with Crippen LogP contribution in [0.4, 0.5) is 14.6 Å². The largest absolute Gasteiger partial charge is 0.490 e. The first-order valence-corrected chi connectivity index (χ1v) is 12.9. The van der Waals surface area contributed by atoms with Crippen LogP contribution in [0, 0.1) is 11.6 Å². The minimum Gasteiger partial charge on any atom is -0.490 e. The van der Waals surface area contributed by atoms with Crippen molar-refractivity contribution < 1.29 is 18.6 Å². The van der Waals surface area contributed by atoms with Gasteiger partial charge in [-0.3, -0.25) is 0 Å². The van der Waals surface area contributed by atoms with E-state index in [2.05, 4.69) is 27.3 Å². The molecule has 4 aromatic rings. The number of benzene rings is 2. The number of aromatic nitrogens is 4. The summed E-state index contributed by atoms with van der Waals surface area (Å²) < 4.78 is 35.3. The number of hydrogen-bond donors (Lipinski definition) is 2. The molecule has 1 atom stereocenters. The lowest BCUT2D eigenvalue weighted by atomic mass is 9.94. The second kappa shape index (κ2) is 13.1. The van der Waals surface area contributed by atoms with Gasteiger partial charge in [0.1, 0.15) is 48.1 Å². The Morgan fingerprint density at radius 3 is 2.45 bits per heavy atom. The summed E-state index contributed by atoms with van der Waals surface area (Å²) in [5.74, 6) is -0.258. The maximum absolute atomic E-state index is 14.6. The number of rotatable bonds is 14. The number of hydrogen-bond acceptors (Lipinski definition) is 6. The van der Waals surface area contributed by atoms with Crippen molar-refractivity contribution in [3.8, 4) is 16.9 Å². The molecule has 0 aliphatic heterocycles. The van der Waals surface area contributed by atoms with E-state index in [0.717, 1.165) is 42.0 Å². The standard InChI is InChI=1S/C29H33F2N5O2/c1-2-3-4-5-6-15-33-28-14-9-23(17-34-28)22-7-11-25(12-8-22)38-19-29(37,18-36-21-32-20-35-36)26-13-10-24(30)16-27(26)31/h7-14,16-17,20-21,37H,2-6,15,18-19H2,1H3,(H,33,34). The van der Waals surface area contributed by atoms with Gasteiger partial charge in [-0.05, 0) is 42.3 Å². The SMILES string of the molecule is CCCCCCCNc1ccc(-c2ccc(OCC(O)(Cn3cncn3)c3ccc(F)cc3F)cc2)cn1. The predicted molar refractivity (Wildman–Crippen MR) is 143 cm³/mol. The Morgan fingerprint density at radius 2 is 1.76 bits per heavy atom. The normalized spacial score (nSPS) is 12.7. The molecule has 2 aromatic carbocycles. The average molecular weight is 522 g/mol. The molecule has 2 aromatic heterocycles. The number of ether oxygens (including phenoxy) is 1. The van der Waals surface area contributed by atoms with E-state index in [1.54, 1.807) is 12.1 Å². The Kier molecular flexibility index (Phi) is 9.37. The summed E-state index contributed by atoms with van der Waals surface area (Å²) in [6, 6.07) is 14.4. The zero-order valence-corrected chi connectivity index (χ0v) is 21.5. The molecule has 0 saturated carbocycles. The highest BCUT2D eigenvalue weighted by Gasteiger charge is 2.34. The molecule has 9 heteroatoms. The number of nitrogens with zero attached hydrogens (tertiary/aromatic N) is 4. The van der Waals surface area contributed by atoms with E-state index >= 15 is 0 Å². The van der Waals surface area contributed by atoms with Crippen LogP contribution in [-0.4, -0.2) is 38.0 Å². The van der Waals surface area contributed by atoms with E-state index in [1.165, 1.54) is 49.1 Å². The van der Waals surface area contributed by atoms with Gasteiger partial charge in [-0.15, -0.1) is 0 Å². The molecule has 0 bridgehead atoms. The molecule has 38 heavy (non-hydrogen) atoms. The second-order valence-electron chi connectivity index (χ2n) is 9.33. The average Bonchev–Trinajstić information content (AvgIpc) is 3.43. The molecule has 0 amide bonds. The summed E-state index contributed by atoms with van der Waals surface area (Å²) in [7, 11) is 0. The van der Waals surface area contributed by atoms with Gasteiger partial charge in [0.15, 0.2) is 0 Å². The van der Waals surface area contributed by atoms with Crippen molar-refractivity contribution in [1.29, 1.82) is 0 Å². The molecule has 0 spiro atoms. The van der Waals surface area contributed by atoms with Crippen LogP contribution in [0.25, 0.3) is 11.1 Å². The van der Waals surface area contributed by atoms with E-state index in [9.17, 15) is 13.9 Å². The lowest BCUT2D eigenvalue weighted by Crippen LogP contribution is -2.39. The highest BCUT2D eigenvalue weighted by Crippen LogP contribution is 2.29. The van der Waals surface area contributed by atoms with Gasteiger partial charge in [-0.2, -0.15) is 5.10 Å². The number of nitrogens with one attached hydrogen (secondary N) is 1. The number of aliphatic hydroxyl groups is 1. The van der Waals surface area contributed by atoms with Crippen LogP contribution >= 0.6 is 0 Å². The molecule has 0 aliphatic carbocycles. The van der Waals surface area contributed by atoms with Gasteiger partial charge in [-0.1, -0.05) is 50.8 Å². The highest BCUT2D eigenvalue weighted by atomic mass is 19.1. The Labute approximate surface area is 221 Å². The lowest BCUT2D eigenvalue weighted by molar-refractivity contribution is -0.0297. The summed E-state index contributed by atoms with van der Waals surface area (Å²) in [5.41, 5.74) is 0.0127. The highest BCUT2D eigenvalue weighted by molar-refractivity contribution is 5.64. The Balaban J connectivity index is 1.38. The molecule has 2 heterocycles. The molecular weight excluding hydrogens is 488 g/mol. The first-order chi connectivity index (χ1) is 18.5. The fourth-order valence-corrected chi connectivity index (χ4v) is 4.22. The van der Waals surface area contributed by atoms with E-state index in [1.807, 2.05) is 30.5 Å². The van der Waals surface area contributed by atoms with Crippen molar-refractivity contribution in [2.24, 2.45) is 0 Å². The summed E-state index contributed by atoms with van der Waals surface area (Å²) in [4.78, 5) is 8.38.